The molecule has 0 radical (unpaired) electrons. The second kappa shape index (κ2) is 6.02. The van der Waals surface area contributed by atoms with Crippen molar-refractivity contribution in [3.8, 4) is 0 Å². The number of amides is 1. The highest BCUT2D eigenvalue weighted by molar-refractivity contribution is 5.77. The van der Waals surface area contributed by atoms with Gasteiger partial charge >= 0.3 is 12.4 Å². The Bertz CT molecular complexity index is 567. The van der Waals surface area contributed by atoms with Crippen LogP contribution in [0, 0.1) is 11.8 Å². The lowest BCUT2D eigenvalue weighted by atomic mass is 9.95. The fraction of sp³-hybridized carbons (Fsp3) is 0.667. The first-order chi connectivity index (χ1) is 10.5. The van der Waals surface area contributed by atoms with Gasteiger partial charge in [-0.15, -0.1) is 0 Å². The van der Waals surface area contributed by atoms with Crippen LogP contribution in [0.25, 0.3) is 0 Å². The molecular weight excluding hydrogens is 330 g/mol. The first-order valence-corrected chi connectivity index (χ1v) is 6.62. The third-order valence-corrected chi connectivity index (χ3v) is 3.70. The zero-order chi connectivity index (χ0) is 17.4. The van der Waals surface area contributed by atoms with Gasteiger partial charge in [0.25, 0.3) is 0 Å². The molecule has 1 aromatic heterocycles. The van der Waals surface area contributed by atoms with Gasteiger partial charge < -0.3 is 10.3 Å². The summed E-state index contributed by atoms with van der Waals surface area (Å²) in [5, 5.41) is 0. The third-order valence-electron chi connectivity index (χ3n) is 3.70. The molecule has 0 unspecified atom stereocenters. The van der Waals surface area contributed by atoms with Crippen molar-refractivity contribution in [3.63, 3.8) is 0 Å². The summed E-state index contributed by atoms with van der Waals surface area (Å²) in [6.07, 6.45) is -6.82. The molecular formula is C12H14F6N4O. The fourth-order valence-electron chi connectivity index (χ4n) is 2.66. The minimum Gasteiger partial charge on any atom is -0.369 e. The molecule has 1 fully saturated rings. The van der Waals surface area contributed by atoms with E-state index in [2.05, 4.69) is 4.98 Å². The lowest BCUT2D eigenvalue weighted by Gasteiger charge is -2.19. The van der Waals surface area contributed by atoms with Crippen LogP contribution in [0.1, 0.15) is 5.82 Å². The predicted molar refractivity (Wildman–Crippen MR) is 65.8 cm³/mol. The fourth-order valence-corrected chi connectivity index (χ4v) is 2.66. The first-order valence-electron chi connectivity index (χ1n) is 6.62. The molecule has 0 spiro atoms. The van der Waals surface area contributed by atoms with Gasteiger partial charge in [0, 0.05) is 25.5 Å². The molecule has 1 aromatic rings. The number of halogens is 6. The summed E-state index contributed by atoms with van der Waals surface area (Å²) in [7, 11) is 0. The van der Waals surface area contributed by atoms with E-state index >= 15 is 0 Å². The molecule has 2 atom stereocenters. The van der Waals surface area contributed by atoms with Gasteiger partial charge in [0.2, 0.25) is 5.91 Å². The maximum atomic E-state index is 12.9. The van der Waals surface area contributed by atoms with Crippen LogP contribution < -0.4 is 5.73 Å². The molecule has 1 saturated heterocycles. The van der Waals surface area contributed by atoms with E-state index in [9.17, 15) is 31.1 Å². The quantitative estimate of drug-likeness (QED) is 0.843. The van der Waals surface area contributed by atoms with Crippen LogP contribution in [-0.2, 0) is 17.9 Å². The maximum Gasteiger partial charge on any atom is 0.406 e. The molecule has 0 aliphatic carbocycles. The SMILES string of the molecule is NC(=O)[C@@H]1CN(Cc2nccn2CC(F)(F)F)C[C@H]1C(F)(F)F. The summed E-state index contributed by atoms with van der Waals surface area (Å²) in [5.74, 6) is -4.44. The molecule has 23 heavy (non-hydrogen) atoms. The molecule has 2 rings (SSSR count). The van der Waals surface area contributed by atoms with Crippen LogP contribution in [0.3, 0.4) is 0 Å². The van der Waals surface area contributed by atoms with Crippen LogP contribution in [0.2, 0.25) is 0 Å². The van der Waals surface area contributed by atoms with E-state index in [4.69, 9.17) is 5.73 Å². The number of primary amides is 1. The molecule has 130 valence electrons. The molecule has 5 nitrogen and oxygen atoms in total. The summed E-state index contributed by atoms with van der Waals surface area (Å²) >= 11 is 0. The highest BCUT2D eigenvalue weighted by atomic mass is 19.4. The molecule has 1 aliphatic heterocycles. The van der Waals surface area contributed by atoms with Crippen LogP contribution >= 0.6 is 0 Å². The molecule has 0 saturated carbocycles. The van der Waals surface area contributed by atoms with E-state index in [0.29, 0.717) is 0 Å². The number of hydrogen-bond donors (Lipinski definition) is 1. The highest BCUT2D eigenvalue weighted by Gasteiger charge is 2.51. The minimum absolute atomic E-state index is 0.0200. The summed E-state index contributed by atoms with van der Waals surface area (Å²) in [5.41, 5.74) is 5.00. The highest BCUT2D eigenvalue weighted by Crippen LogP contribution is 2.37. The summed E-state index contributed by atoms with van der Waals surface area (Å²) in [4.78, 5) is 16.2. The van der Waals surface area contributed by atoms with Crippen molar-refractivity contribution in [1.82, 2.24) is 14.5 Å². The van der Waals surface area contributed by atoms with Crippen LogP contribution in [-0.4, -0.2) is 45.8 Å². The van der Waals surface area contributed by atoms with Crippen molar-refractivity contribution in [2.45, 2.75) is 25.4 Å². The lowest BCUT2D eigenvalue weighted by molar-refractivity contribution is -0.182. The summed E-state index contributed by atoms with van der Waals surface area (Å²) in [6, 6.07) is 0. The number of nitrogens with two attached hydrogens (primary N) is 1. The Labute approximate surface area is 127 Å². The Kier molecular flexibility index (Phi) is 4.60. The monoisotopic (exact) mass is 344 g/mol. The van der Waals surface area contributed by atoms with E-state index in [-0.39, 0.29) is 18.9 Å². The second-order valence-corrected chi connectivity index (χ2v) is 5.44. The van der Waals surface area contributed by atoms with Crippen molar-refractivity contribution >= 4 is 5.91 Å². The molecule has 0 aromatic carbocycles. The van der Waals surface area contributed by atoms with E-state index in [1.54, 1.807) is 0 Å². The van der Waals surface area contributed by atoms with Crippen LogP contribution in [0.5, 0.6) is 0 Å². The zero-order valence-corrected chi connectivity index (χ0v) is 11.7. The van der Waals surface area contributed by atoms with E-state index < -0.39 is 43.2 Å². The van der Waals surface area contributed by atoms with Gasteiger partial charge in [0.15, 0.2) is 0 Å². The Morgan fingerprint density at radius 1 is 1.26 bits per heavy atom. The number of carbonyl (C=O) groups is 1. The van der Waals surface area contributed by atoms with Gasteiger partial charge in [-0.3, -0.25) is 9.69 Å². The van der Waals surface area contributed by atoms with Gasteiger partial charge in [-0.25, -0.2) is 4.98 Å². The Morgan fingerprint density at radius 2 is 1.91 bits per heavy atom. The third kappa shape index (κ3) is 4.36. The number of aromatic nitrogens is 2. The molecule has 2 heterocycles. The maximum absolute atomic E-state index is 12.9. The standard InChI is InChI=1S/C12H14F6N4O/c13-11(14,15)6-22-2-1-20-9(22)5-21-3-7(10(19)23)8(4-21)12(16,17)18/h1-2,7-8H,3-6H2,(H2,19,23)/t7-,8-/m1/s1. The van der Waals surface area contributed by atoms with Gasteiger partial charge in [0.05, 0.1) is 18.4 Å². The van der Waals surface area contributed by atoms with Crippen LogP contribution in [0.4, 0.5) is 26.3 Å². The number of rotatable bonds is 4. The number of carbonyl (C=O) groups excluding carboxylic acids is 1. The van der Waals surface area contributed by atoms with Crippen molar-refractivity contribution < 1.29 is 31.1 Å². The second-order valence-electron chi connectivity index (χ2n) is 5.44. The number of alkyl halides is 6. The average Bonchev–Trinajstić information content (AvgIpc) is 2.95. The van der Waals surface area contributed by atoms with Crippen LogP contribution in [0.15, 0.2) is 12.4 Å². The first kappa shape index (κ1) is 17.6. The normalized spacial score (nSPS) is 23.4. The number of nitrogens with zero attached hydrogens (tertiary/aromatic N) is 3. The minimum atomic E-state index is -4.60. The Morgan fingerprint density at radius 3 is 2.39 bits per heavy atom. The topological polar surface area (TPSA) is 64.2 Å². The smallest absolute Gasteiger partial charge is 0.369 e. The predicted octanol–water partition coefficient (Wildman–Crippen LogP) is 1.54. The van der Waals surface area contributed by atoms with Gasteiger partial charge in [-0.05, 0) is 0 Å². The zero-order valence-electron chi connectivity index (χ0n) is 11.7. The number of likely N-dealkylation sites (tertiary alicyclic amines) is 1. The number of hydrogen-bond acceptors (Lipinski definition) is 3. The molecule has 1 aliphatic rings. The Balaban J connectivity index is 2.10. The lowest BCUT2D eigenvalue weighted by Crippen LogP contribution is -2.37. The van der Waals surface area contributed by atoms with Crippen molar-refractivity contribution in [2.75, 3.05) is 13.1 Å². The summed E-state index contributed by atoms with van der Waals surface area (Å²) < 4.78 is 76.9. The molecule has 11 heteroatoms. The van der Waals surface area contributed by atoms with Gasteiger partial charge in [-0.2, -0.15) is 26.3 Å². The summed E-state index contributed by atoms with van der Waals surface area (Å²) in [6.45, 7) is -2.27. The molecule has 1 amide bonds. The van der Waals surface area contributed by atoms with Crippen molar-refractivity contribution in [2.24, 2.45) is 17.6 Å². The molecule has 0 bridgehead atoms. The van der Waals surface area contributed by atoms with E-state index in [1.165, 1.54) is 4.90 Å². The Hall–Kier alpha value is -1.78. The van der Waals surface area contributed by atoms with E-state index in [0.717, 1.165) is 17.0 Å². The largest absolute Gasteiger partial charge is 0.406 e. The molecule has 2 N–H and O–H groups in total. The van der Waals surface area contributed by atoms with Gasteiger partial charge in [0.1, 0.15) is 12.4 Å². The van der Waals surface area contributed by atoms with Crippen molar-refractivity contribution in [3.05, 3.63) is 18.2 Å². The van der Waals surface area contributed by atoms with Crippen molar-refractivity contribution in [1.29, 1.82) is 0 Å². The average molecular weight is 344 g/mol. The van der Waals surface area contributed by atoms with Gasteiger partial charge in [-0.1, -0.05) is 0 Å². The van der Waals surface area contributed by atoms with E-state index in [1.807, 2.05) is 0 Å². The number of imidazole rings is 1.